The van der Waals surface area contributed by atoms with Gasteiger partial charge in [-0.25, -0.2) is 9.50 Å². The minimum Gasteiger partial charge on any atom is -0.497 e. The van der Waals surface area contributed by atoms with Crippen molar-refractivity contribution in [1.82, 2.24) is 24.7 Å². The predicted molar refractivity (Wildman–Crippen MR) is 114 cm³/mol. The quantitative estimate of drug-likeness (QED) is 0.503. The summed E-state index contributed by atoms with van der Waals surface area (Å²) in [6.07, 6.45) is 3.82. The molecule has 0 N–H and O–H groups in total. The Balaban J connectivity index is 1.39. The van der Waals surface area contributed by atoms with Crippen molar-refractivity contribution in [2.45, 2.75) is 25.7 Å². The maximum atomic E-state index is 12.8. The van der Waals surface area contributed by atoms with E-state index < -0.39 is 0 Å². The first-order valence-electron chi connectivity index (χ1n) is 10.3. The smallest absolute Gasteiger partial charge is 0.276 e. The number of nitrogens with zero attached hydrogens (tertiary/aromatic N) is 5. The van der Waals surface area contributed by atoms with Crippen LogP contribution >= 0.6 is 0 Å². The van der Waals surface area contributed by atoms with Gasteiger partial charge in [0, 0.05) is 36.8 Å². The van der Waals surface area contributed by atoms with Crippen LogP contribution in [0, 0.1) is 6.92 Å². The number of benzene rings is 1. The standard InChI is InChI=1S/C23H23N5O3/c1-15-11-20(26-31-15)23(29)27-10-4-6-18(13-27)22-24-21-9-8-17(14-28(21)25-22)16-5-3-7-19(12-16)30-2/h3,5,7-9,11-12,14,18H,4,6,10,13H2,1-2H3/t18-/m1/s1. The Morgan fingerprint density at radius 3 is 2.90 bits per heavy atom. The van der Waals surface area contributed by atoms with Crippen molar-refractivity contribution in [1.29, 1.82) is 0 Å². The number of rotatable bonds is 4. The van der Waals surface area contributed by atoms with Crippen LogP contribution in [0.25, 0.3) is 16.8 Å². The van der Waals surface area contributed by atoms with Crippen molar-refractivity contribution >= 4 is 11.6 Å². The molecule has 4 heterocycles. The molecule has 0 bridgehead atoms. The first-order valence-corrected chi connectivity index (χ1v) is 10.3. The molecular weight excluding hydrogens is 394 g/mol. The molecule has 158 valence electrons. The average Bonchev–Trinajstić information content (AvgIpc) is 3.44. The SMILES string of the molecule is COc1cccc(-c2ccc3nc([C@@H]4CCCN(C(=O)c5cc(C)on5)C4)nn3c2)c1. The van der Waals surface area contributed by atoms with E-state index in [-0.39, 0.29) is 11.8 Å². The highest BCUT2D eigenvalue weighted by Gasteiger charge is 2.29. The van der Waals surface area contributed by atoms with E-state index >= 15 is 0 Å². The van der Waals surface area contributed by atoms with E-state index in [1.165, 1.54) is 0 Å². The molecule has 1 aliphatic rings. The Hall–Kier alpha value is -3.68. The van der Waals surface area contributed by atoms with Gasteiger partial charge in [0.15, 0.2) is 17.2 Å². The zero-order chi connectivity index (χ0) is 21.4. The number of amides is 1. The molecule has 1 aliphatic heterocycles. The molecule has 8 nitrogen and oxygen atoms in total. The highest BCUT2D eigenvalue weighted by Crippen LogP contribution is 2.28. The lowest BCUT2D eigenvalue weighted by Gasteiger charge is -2.30. The monoisotopic (exact) mass is 417 g/mol. The third kappa shape index (κ3) is 3.76. The van der Waals surface area contributed by atoms with Gasteiger partial charge in [0.2, 0.25) is 0 Å². The Morgan fingerprint density at radius 1 is 1.19 bits per heavy atom. The Bertz CT molecular complexity index is 1240. The van der Waals surface area contributed by atoms with Crippen molar-refractivity contribution in [2.24, 2.45) is 0 Å². The zero-order valence-electron chi connectivity index (χ0n) is 17.5. The molecule has 0 radical (unpaired) electrons. The number of hydrogen-bond donors (Lipinski definition) is 0. The summed E-state index contributed by atoms with van der Waals surface area (Å²) >= 11 is 0. The molecule has 0 spiro atoms. The van der Waals surface area contributed by atoms with Gasteiger partial charge in [-0.1, -0.05) is 17.3 Å². The minimum atomic E-state index is -0.106. The van der Waals surface area contributed by atoms with Crippen LogP contribution in [-0.2, 0) is 0 Å². The van der Waals surface area contributed by atoms with E-state index in [1.54, 1.807) is 20.1 Å². The van der Waals surface area contributed by atoms with E-state index in [9.17, 15) is 4.79 Å². The fourth-order valence-electron chi connectivity index (χ4n) is 4.05. The van der Waals surface area contributed by atoms with Crippen LogP contribution in [-0.4, -0.2) is 50.8 Å². The lowest BCUT2D eigenvalue weighted by atomic mass is 9.97. The van der Waals surface area contributed by atoms with Gasteiger partial charge >= 0.3 is 0 Å². The molecule has 1 atom stereocenters. The van der Waals surface area contributed by atoms with Gasteiger partial charge in [0.1, 0.15) is 11.5 Å². The molecule has 1 saturated heterocycles. The number of aromatic nitrogens is 4. The number of fused-ring (bicyclic) bond motifs is 1. The molecular formula is C23H23N5O3. The summed E-state index contributed by atoms with van der Waals surface area (Å²) in [6.45, 7) is 3.06. The van der Waals surface area contributed by atoms with E-state index in [2.05, 4.69) is 5.16 Å². The summed E-state index contributed by atoms with van der Waals surface area (Å²) in [4.78, 5) is 19.3. The summed E-state index contributed by atoms with van der Waals surface area (Å²) in [5.41, 5.74) is 3.22. The second kappa shape index (κ2) is 7.86. The molecule has 31 heavy (non-hydrogen) atoms. The molecule has 3 aromatic heterocycles. The van der Waals surface area contributed by atoms with Crippen LogP contribution in [0.4, 0.5) is 0 Å². The largest absolute Gasteiger partial charge is 0.497 e. The lowest BCUT2D eigenvalue weighted by molar-refractivity contribution is 0.0694. The van der Waals surface area contributed by atoms with Crippen molar-refractivity contribution in [3.8, 4) is 16.9 Å². The van der Waals surface area contributed by atoms with E-state index in [1.807, 2.05) is 52.0 Å². The number of aryl methyl sites for hydroxylation is 1. The summed E-state index contributed by atoms with van der Waals surface area (Å²) in [7, 11) is 1.66. The highest BCUT2D eigenvalue weighted by atomic mass is 16.5. The Labute approximate surface area is 179 Å². The molecule has 1 fully saturated rings. The van der Waals surface area contributed by atoms with Gasteiger partial charge < -0.3 is 14.2 Å². The Kier molecular flexibility index (Phi) is 4.89. The van der Waals surface area contributed by atoms with E-state index in [4.69, 9.17) is 19.3 Å². The molecule has 0 saturated carbocycles. The lowest BCUT2D eigenvalue weighted by Crippen LogP contribution is -2.39. The summed E-state index contributed by atoms with van der Waals surface area (Å²) in [5, 5.41) is 8.60. The van der Waals surface area contributed by atoms with Crippen molar-refractivity contribution in [3.05, 3.63) is 65.9 Å². The average molecular weight is 417 g/mol. The number of likely N-dealkylation sites (tertiary alicyclic amines) is 1. The maximum Gasteiger partial charge on any atom is 0.276 e. The highest BCUT2D eigenvalue weighted by molar-refractivity contribution is 5.92. The van der Waals surface area contributed by atoms with Crippen LogP contribution in [0.15, 0.2) is 53.2 Å². The molecule has 0 unspecified atom stereocenters. The van der Waals surface area contributed by atoms with E-state index in [0.29, 0.717) is 24.5 Å². The molecule has 8 heteroatoms. The third-order valence-electron chi connectivity index (χ3n) is 5.67. The van der Waals surface area contributed by atoms with Crippen molar-refractivity contribution < 1.29 is 14.1 Å². The summed E-state index contributed by atoms with van der Waals surface area (Å²) < 4.78 is 12.2. The second-order valence-corrected chi connectivity index (χ2v) is 7.84. The number of methoxy groups -OCH3 is 1. The van der Waals surface area contributed by atoms with Crippen LogP contribution in [0.3, 0.4) is 0 Å². The molecule has 1 aromatic carbocycles. The van der Waals surface area contributed by atoms with Gasteiger partial charge in [-0.15, -0.1) is 0 Å². The summed E-state index contributed by atoms with van der Waals surface area (Å²) in [5.74, 6) is 2.19. The van der Waals surface area contributed by atoms with Crippen LogP contribution in [0.5, 0.6) is 5.75 Å². The molecule has 5 rings (SSSR count). The number of ether oxygens (including phenoxy) is 1. The first kappa shape index (κ1) is 19.3. The zero-order valence-corrected chi connectivity index (χ0v) is 17.5. The maximum absolute atomic E-state index is 12.8. The Morgan fingerprint density at radius 2 is 2.10 bits per heavy atom. The molecule has 0 aliphatic carbocycles. The predicted octanol–water partition coefficient (Wildman–Crippen LogP) is 3.72. The molecule has 1 amide bonds. The van der Waals surface area contributed by atoms with Gasteiger partial charge in [0.25, 0.3) is 5.91 Å². The van der Waals surface area contributed by atoms with Crippen LogP contribution in [0.2, 0.25) is 0 Å². The van der Waals surface area contributed by atoms with E-state index in [0.717, 1.165) is 41.2 Å². The fourth-order valence-corrected chi connectivity index (χ4v) is 4.05. The number of pyridine rings is 1. The first-order chi connectivity index (χ1) is 15.1. The molecule has 4 aromatic rings. The van der Waals surface area contributed by atoms with Crippen molar-refractivity contribution in [3.63, 3.8) is 0 Å². The number of carbonyl (C=O) groups excluding carboxylic acids is 1. The van der Waals surface area contributed by atoms with Crippen LogP contribution < -0.4 is 4.74 Å². The number of hydrogen-bond acceptors (Lipinski definition) is 6. The number of carbonyl (C=O) groups is 1. The topological polar surface area (TPSA) is 85.8 Å². The van der Waals surface area contributed by atoms with Gasteiger partial charge in [0.05, 0.1) is 7.11 Å². The normalized spacial score (nSPS) is 16.6. The minimum absolute atomic E-state index is 0.0888. The van der Waals surface area contributed by atoms with Gasteiger partial charge in [-0.3, -0.25) is 4.79 Å². The van der Waals surface area contributed by atoms with Gasteiger partial charge in [-0.05, 0) is 49.6 Å². The summed E-state index contributed by atoms with van der Waals surface area (Å²) in [6, 6.07) is 13.6. The van der Waals surface area contributed by atoms with Gasteiger partial charge in [-0.2, -0.15) is 5.10 Å². The third-order valence-corrected chi connectivity index (χ3v) is 5.67. The fraction of sp³-hybridized carbons (Fsp3) is 0.304. The second-order valence-electron chi connectivity index (χ2n) is 7.84. The number of piperidine rings is 1. The van der Waals surface area contributed by atoms with Crippen molar-refractivity contribution in [2.75, 3.05) is 20.2 Å². The van der Waals surface area contributed by atoms with Crippen LogP contribution in [0.1, 0.15) is 40.8 Å².